The van der Waals surface area contributed by atoms with Crippen LogP contribution in [0.5, 0.6) is 0 Å². The Morgan fingerprint density at radius 3 is 2.25 bits per heavy atom. The molecule has 0 aliphatic carbocycles. The molecule has 2 heteroatoms. The third-order valence-corrected chi connectivity index (χ3v) is 3.89. The van der Waals surface area contributed by atoms with E-state index in [-0.39, 0.29) is 0 Å². The van der Waals surface area contributed by atoms with Crippen molar-refractivity contribution < 1.29 is 5.11 Å². The first kappa shape index (κ1) is 14.7. The average Bonchev–Trinajstić information content (AvgIpc) is 2.53. The molecule has 20 heavy (non-hydrogen) atoms. The van der Waals surface area contributed by atoms with Crippen LogP contribution in [0.4, 0.5) is 0 Å². The molecule has 0 aromatic heterocycles. The molecule has 0 bridgehead atoms. The molecule has 0 amide bonds. The normalized spacial score (nSPS) is 11.6. The zero-order valence-corrected chi connectivity index (χ0v) is 12.6. The zero-order chi connectivity index (χ0) is 14.4. The van der Waals surface area contributed by atoms with Crippen molar-refractivity contribution in [2.24, 2.45) is 0 Å². The highest BCUT2D eigenvalue weighted by molar-refractivity contribution is 7.98. The molecule has 0 saturated heterocycles. The Labute approximate surface area is 125 Å². The summed E-state index contributed by atoms with van der Waals surface area (Å²) in [4.78, 5) is 1.21. The fraction of sp³-hybridized carbons (Fsp3) is 0.222. The second kappa shape index (κ2) is 7.19. The van der Waals surface area contributed by atoms with E-state index in [1.165, 1.54) is 10.5 Å². The van der Waals surface area contributed by atoms with Crippen LogP contribution in [0.15, 0.2) is 53.4 Å². The predicted molar refractivity (Wildman–Crippen MR) is 85.9 cm³/mol. The first-order valence-electron chi connectivity index (χ1n) is 6.65. The van der Waals surface area contributed by atoms with Gasteiger partial charge in [0.15, 0.2) is 0 Å². The Balaban J connectivity index is 2.09. The van der Waals surface area contributed by atoms with Gasteiger partial charge >= 0.3 is 0 Å². The Morgan fingerprint density at radius 1 is 1.05 bits per heavy atom. The van der Waals surface area contributed by atoms with Gasteiger partial charge in [-0.2, -0.15) is 0 Å². The number of aryl methyl sites for hydroxylation is 1. The molecule has 2 rings (SSSR count). The second-order valence-corrected chi connectivity index (χ2v) is 5.38. The van der Waals surface area contributed by atoms with Crippen molar-refractivity contribution in [1.82, 2.24) is 0 Å². The van der Waals surface area contributed by atoms with Crippen LogP contribution in [0.25, 0.3) is 0 Å². The van der Waals surface area contributed by atoms with E-state index in [0.29, 0.717) is 0 Å². The quantitative estimate of drug-likeness (QED) is 0.677. The molecule has 102 valence electrons. The van der Waals surface area contributed by atoms with Gasteiger partial charge in [0.05, 0.1) is 0 Å². The molecule has 1 N–H and O–H groups in total. The molecule has 0 spiro atoms. The monoisotopic (exact) mass is 282 g/mol. The average molecular weight is 282 g/mol. The first-order valence-corrected chi connectivity index (χ1v) is 7.88. The lowest BCUT2D eigenvalue weighted by atomic mass is 10.1. The molecule has 0 saturated carbocycles. The van der Waals surface area contributed by atoms with Crippen molar-refractivity contribution in [2.45, 2.75) is 24.3 Å². The summed E-state index contributed by atoms with van der Waals surface area (Å²) in [6.45, 7) is 2.11. The number of benzene rings is 2. The summed E-state index contributed by atoms with van der Waals surface area (Å²) in [6, 6.07) is 16.0. The fourth-order valence-corrected chi connectivity index (χ4v) is 2.25. The molecule has 2 aromatic carbocycles. The molecule has 1 atom stereocenters. The van der Waals surface area contributed by atoms with Crippen LogP contribution >= 0.6 is 11.8 Å². The van der Waals surface area contributed by atoms with Gasteiger partial charge in [-0.05, 0) is 48.1 Å². The van der Waals surface area contributed by atoms with Crippen molar-refractivity contribution >= 4 is 11.8 Å². The summed E-state index contributed by atoms with van der Waals surface area (Å²) in [6.07, 6.45) is 2.31. The highest BCUT2D eigenvalue weighted by Gasteiger charge is 2.02. The topological polar surface area (TPSA) is 20.2 Å². The third-order valence-electron chi connectivity index (χ3n) is 3.15. The van der Waals surface area contributed by atoms with Gasteiger partial charge in [-0.25, -0.2) is 0 Å². The van der Waals surface area contributed by atoms with Crippen molar-refractivity contribution in [2.75, 3.05) is 6.26 Å². The molecule has 0 aliphatic rings. The summed E-state index contributed by atoms with van der Waals surface area (Å²) in [5.41, 5.74) is 3.03. The van der Waals surface area contributed by atoms with Gasteiger partial charge in [0.2, 0.25) is 0 Å². The summed E-state index contributed by atoms with van der Waals surface area (Å²) < 4.78 is 0. The molecule has 0 aliphatic heterocycles. The minimum Gasteiger partial charge on any atom is -0.376 e. The van der Waals surface area contributed by atoms with Crippen LogP contribution in [-0.4, -0.2) is 11.4 Å². The number of rotatable bonds is 3. The van der Waals surface area contributed by atoms with Crippen molar-refractivity contribution in [3.05, 3.63) is 65.2 Å². The Morgan fingerprint density at radius 2 is 1.70 bits per heavy atom. The smallest absolute Gasteiger partial charge is 0.140 e. The van der Waals surface area contributed by atoms with Crippen LogP contribution in [0.2, 0.25) is 0 Å². The van der Waals surface area contributed by atoms with Crippen molar-refractivity contribution in [3.8, 4) is 11.8 Å². The molecular formula is C18H18OS. The van der Waals surface area contributed by atoms with E-state index in [0.717, 1.165) is 17.5 Å². The zero-order valence-electron chi connectivity index (χ0n) is 11.8. The number of aliphatic hydroxyl groups is 1. The van der Waals surface area contributed by atoms with Gasteiger partial charge in [0.25, 0.3) is 0 Å². The Bertz CT molecular complexity index is 603. The number of thioether (sulfide) groups is 1. The lowest BCUT2D eigenvalue weighted by Gasteiger charge is -2.04. The van der Waals surface area contributed by atoms with Gasteiger partial charge < -0.3 is 5.11 Å². The van der Waals surface area contributed by atoms with Gasteiger partial charge in [0.1, 0.15) is 6.10 Å². The lowest BCUT2D eigenvalue weighted by molar-refractivity contribution is 0.238. The third kappa shape index (κ3) is 3.90. The summed E-state index contributed by atoms with van der Waals surface area (Å²) in [7, 11) is 0. The van der Waals surface area contributed by atoms with E-state index in [1.54, 1.807) is 11.8 Å². The molecule has 0 fully saturated rings. The maximum atomic E-state index is 10.1. The number of hydrogen-bond acceptors (Lipinski definition) is 2. The van der Waals surface area contributed by atoms with Crippen molar-refractivity contribution in [3.63, 3.8) is 0 Å². The van der Waals surface area contributed by atoms with E-state index in [1.807, 2.05) is 54.8 Å². The molecule has 2 aromatic rings. The molecule has 0 unspecified atom stereocenters. The van der Waals surface area contributed by atoms with E-state index in [4.69, 9.17) is 0 Å². The van der Waals surface area contributed by atoms with Crippen LogP contribution in [-0.2, 0) is 6.42 Å². The molecule has 0 heterocycles. The summed E-state index contributed by atoms with van der Waals surface area (Å²) in [5, 5.41) is 10.1. The maximum Gasteiger partial charge on any atom is 0.140 e. The molecule has 1 nitrogen and oxygen atoms in total. The highest BCUT2D eigenvalue weighted by Crippen LogP contribution is 2.16. The number of hydrogen-bond donors (Lipinski definition) is 1. The summed E-state index contributed by atoms with van der Waals surface area (Å²) in [5.74, 6) is 5.90. The minimum atomic E-state index is -0.735. The van der Waals surface area contributed by atoms with Gasteiger partial charge in [-0.15, -0.1) is 11.8 Å². The molecular weight excluding hydrogens is 264 g/mol. The van der Waals surface area contributed by atoms with E-state index in [9.17, 15) is 5.11 Å². The van der Waals surface area contributed by atoms with Gasteiger partial charge in [0, 0.05) is 10.5 Å². The van der Waals surface area contributed by atoms with E-state index < -0.39 is 6.10 Å². The summed E-state index contributed by atoms with van der Waals surface area (Å²) >= 11 is 1.70. The van der Waals surface area contributed by atoms with Crippen molar-refractivity contribution in [1.29, 1.82) is 0 Å². The SMILES string of the molecule is CCc1ccc([C@H](O)C#Cc2ccc(SC)cc2)cc1. The largest absolute Gasteiger partial charge is 0.376 e. The van der Waals surface area contributed by atoms with Crippen LogP contribution in [0, 0.1) is 11.8 Å². The first-order chi connectivity index (χ1) is 9.72. The Hall–Kier alpha value is -1.69. The van der Waals surface area contributed by atoms with E-state index >= 15 is 0 Å². The second-order valence-electron chi connectivity index (χ2n) is 4.50. The number of aliphatic hydroxyl groups excluding tert-OH is 1. The minimum absolute atomic E-state index is 0.735. The highest BCUT2D eigenvalue weighted by atomic mass is 32.2. The standard InChI is InChI=1S/C18H18OS/c1-3-14-4-9-16(10-5-14)18(19)13-8-15-6-11-17(20-2)12-7-15/h4-7,9-12,18-19H,3H2,1-2H3/t18-/m1/s1. The predicted octanol–water partition coefficient (Wildman–Crippen LogP) is 4.06. The fourth-order valence-electron chi connectivity index (χ4n) is 1.85. The van der Waals surface area contributed by atoms with Crippen LogP contribution < -0.4 is 0 Å². The van der Waals surface area contributed by atoms with Gasteiger partial charge in [-0.1, -0.05) is 43.0 Å². The maximum absolute atomic E-state index is 10.1. The van der Waals surface area contributed by atoms with Gasteiger partial charge in [-0.3, -0.25) is 0 Å². The Kier molecular flexibility index (Phi) is 5.29. The van der Waals surface area contributed by atoms with Crippen LogP contribution in [0.3, 0.4) is 0 Å². The molecule has 0 radical (unpaired) electrons. The van der Waals surface area contributed by atoms with Crippen LogP contribution in [0.1, 0.15) is 29.7 Å². The van der Waals surface area contributed by atoms with E-state index in [2.05, 4.69) is 18.8 Å². The lowest BCUT2D eigenvalue weighted by Crippen LogP contribution is -1.94.